The number of halogens is 3. The van der Waals surface area contributed by atoms with Crippen molar-refractivity contribution in [2.24, 2.45) is 5.92 Å². The van der Waals surface area contributed by atoms with E-state index in [1.807, 2.05) is 37.4 Å². The Labute approximate surface area is 235 Å². The minimum absolute atomic E-state index is 0.158. The van der Waals surface area contributed by atoms with Crippen molar-refractivity contribution in [3.05, 3.63) is 68.4 Å². The van der Waals surface area contributed by atoms with E-state index in [1.54, 1.807) is 6.07 Å². The first-order chi connectivity index (χ1) is 17.7. The van der Waals surface area contributed by atoms with Crippen LogP contribution < -0.4 is 10.6 Å². The van der Waals surface area contributed by atoms with Gasteiger partial charge in [0.1, 0.15) is 6.04 Å². The zero-order valence-corrected chi connectivity index (χ0v) is 24.5. The van der Waals surface area contributed by atoms with Gasteiger partial charge in [0.05, 0.1) is 16.0 Å². The Morgan fingerprint density at radius 3 is 2.27 bits per heavy atom. The Morgan fingerprint density at radius 1 is 1.03 bits per heavy atom. The third-order valence-electron chi connectivity index (χ3n) is 6.07. The van der Waals surface area contributed by atoms with Gasteiger partial charge in [0.2, 0.25) is 5.91 Å². The number of benzene rings is 2. The molecule has 1 saturated heterocycles. The van der Waals surface area contributed by atoms with Gasteiger partial charge in [-0.05, 0) is 68.9 Å². The maximum Gasteiger partial charge on any atom is 0.480 e. The van der Waals surface area contributed by atoms with E-state index in [1.165, 1.54) is 6.07 Å². The SMILES string of the molecule is CC(C)C[C@H](NC(=O)[C@H](Cc1ccccc1)NC(=O)c1c(Br)ccc(Br)c1F)B1OCCN(C)CCO1. The van der Waals surface area contributed by atoms with Crippen molar-refractivity contribution in [2.45, 2.75) is 38.7 Å². The van der Waals surface area contributed by atoms with Gasteiger partial charge in [0.25, 0.3) is 5.91 Å². The molecule has 0 aromatic heterocycles. The summed E-state index contributed by atoms with van der Waals surface area (Å²) >= 11 is 6.38. The van der Waals surface area contributed by atoms with Crippen molar-refractivity contribution in [2.75, 3.05) is 33.4 Å². The molecule has 0 bridgehead atoms. The lowest BCUT2D eigenvalue weighted by Gasteiger charge is -2.31. The Balaban J connectivity index is 1.83. The molecule has 2 atom stereocenters. The first kappa shape index (κ1) is 29.8. The molecular weight excluding hydrogens is 608 g/mol. The summed E-state index contributed by atoms with van der Waals surface area (Å²) in [6.45, 7) is 6.61. The lowest BCUT2D eigenvalue weighted by Crippen LogP contribution is -2.57. The summed E-state index contributed by atoms with van der Waals surface area (Å²) in [7, 11) is 1.40. The number of carbonyl (C=O) groups excluding carboxylic acids is 2. The molecule has 7 nitrogen and oxygen atoms in total. The van der Waals surface area contributed by atoms with Gasteiger partial charge in [-0.25, -0.2) is 4.39 Å². The van der Waals surface area contributed by atoms with E-state index in [9.17, 15) is 14.0 Å². The van der Waals surface area contributed by atoms with Crippen LogP contribution in [0.15, 0.2) is 51.4 Å². The zero-order valence-electron chi connectivity index (χ0n) is 21.3. The van der Waals surface area contributed by atoms with Crippen molar-refractivity contribution in [1.82, 2.24) is 15.5 Å². The van der Waals surface area contributed by atoms with Gasteiger partial charge in [0.15, 0.2) is 5.82 Å². The summed E-state index contributed by atoms with van der Waals surface area (Å²) in [5.74, 6) is -1.94. The summed E-state index contributed by atoms with van der Waals surface area (Å²) < 4.78 is 27.2. The second-order valence-corrected chi connectivity index (χ2v) is 11.3. The van der Waals surface area contributed by atoms with Gasteiger partial charge >= 0.3 is 7.12 Å². The third-order valence-corrected chi connectivity index (χ3v) is 7.34. The minimum atomic E-state index is -0.950. The molecule has 2 aromatic rings. The molecule has 1 aliphatic rings. The number of carbonyl (C=O) groups is 2. The van der Waals surface area contributed by atoms with Crippen LogP contribution in [0.5, 0.6) is 0 Å². The van der Waals surface area contributed by atoms with Crippen molar-refractivity contribution >= 4 is 50.8 Å². The van der Waals surface area contributed by atoms with E-state index in [-0.39, 0.29) is 28.3 Å². The van der Waals surface area contributed by atoms with Crippen LogP contribution in [0.1, 0.15) is 36.2 Å². The van der Waals surface area contributed by atoms with Gasteiger partial charge in [-0.2, -0.15) is 0 Å². The standard InChI is InChI=1S/C26H33BBr2FN3O4/c1-17(2)15-22(27-36-13-11-33(3)12-14-37-27)32-25(34)21(16-18-7-5-4-6-8-18)31-26(35)23-19(28)9-10-20(29)24(23)30/h4-10,17,21-22H,11-16H2,1-3H3,(H,31,35)(H,32,34)/t21-,22-/m0/s1. The summed E-state index contributed by atoms with van der Waals surface area (Å²) in [5.41, 5.74) is 0.688. The average Bonchev–Trinajstić information content (AvgIpc) is 2.83. The van der Waals surface area contributed by atoms with E-state index in [2.05, 4.69) is 61.2 Å². The van der Waals surface area contributed by atoms with Crippen LogP contribution in [0.4, 0.5) is 4.39 Å². The lowest BCUT2D eigenvalue weighted by molar-refractivity contribution is -0.123. The van der Waals surface area contributed by atoms with Crippen LogP contribution in [0.2, 0.25) is 0 Å². The fourth-order valence-electron chi connectivity index (χ4n) is 4.10. The quantitative estimate of drug-likeness (QED) is 0.317. The molecule has 0 spiro atoms. The normalized spacial score (nSPS) is 16.6. The molecule has 2 aromatic carbocycles. The van der Waals surface area contributed by atoms with Crippen LogP contribution in [0.3, 0.4) is 0 Å². The second kappa shape index (κ2) is 14.4. The lowest BCUT2D eigenvalue weighted by atomic mass is 9.73. The van der Waals surface area contributed by atoms with E-state index in [0.717, 1.165) is 18.7 Å². The van der Waals surface area contributed by atoms with E-state index in [0.29, 0.717) is 24.1 Å². The van der Waals surface area contributed by atoms with Crippen LogP contribution in [0.25, 0.3) is 0 Å². The molecule has 1 aliphatic heterocycles. The summed E-state index contributed by atoms with van der Waals surface area (Å²) in [5, 5.41) is 5.81. The maximum absolute atomic E-state index is 14.8. The number of nitrogens with one attached hydrogen (secondary N) is 2. The third kappa shape index (κ3) is 8.89. The van der Waals surface area contributed by atoms with Gasteiger partial charge < -0.3 is 24.8 Å². The highest BCUT2D eigenvalue weighted by molar-refractivity contribution is 9.11. The van der Waals surface area contributed by atoms with E-state index >= 15 is 0 Å². The molecule has 3 rings (SSSR count). The van der Waals surface area contributed by atoms with Gasteiger partial charge in [-0.3, -0.25) is 9.59 Å². The molecule has 2 amide bonds. The molecule has 0 saturated carbocycles. The van der Waals surface area contributed by atoms with Crippen molar-refractivity contribution in [3.8, 4) is 0 Å². The highest BCUT2D eigenvalue weighted by atomic mass is 79.9. The first-order valence-electron chi connectivity index (χ1n) is 12.4. The molecule has 0 aliphatic carbocycles. The number of hydrogen-bond acceptors (Lipinski definition) is 5. The average molecular weight is 641 g/mol. The fraction of sp³-hybridized carbons (Fsp3) is 0.462. The smallest absolute Gasteiger partial charge is 0.408 e. The Bertz CT molecular complexity index is 1050. The van der Waals surface area contributed by atoms with E-state index < -0.39 is 30.8 Å². The number of rotatable bonds is 9. The molecule has 37 heavy (non-hydrogen) atoms. The number of likely N-dealkylation sites (N-methyl/N-ethyl adjacent to an activating group) is 1. The summed E-state index contributed by atoms with van der Waals surface area (Å²) in [6, 6.07) is 11.5. The van der Waals surface area contributed by atoms with Crippen molar-refractivity contribution < 1.29 is 23.3 Å². The number of hydrogen-bond donors (Lipinski definition) is 2. The van der Waals surface area contributed by atoms with E-state index in [4.69, 9.17) is 9.31 Å². The van der Waals surface area contributed by atoms with Crippen LogP contribution in [-0.4, -0.2) is 69.2 Å². The molecule has 1 heterocycles. The molecule has 0 unspecified atom stereocenters. The predicted molar refractivity (Wildman–Crippen MR) is 150 cm³/mol. The van der Waals surface area contributed by atoms with Crippen molar-refractivity contribution in [1.29, 1.82) is 0 Å². The van der Waals surface area contributed by atoms with Gasteiger partial charge in [0, 0.05) is 37.2 Å². The summed E-state index contributed by atoms with van der Waals surface area (Å²) in [6.07, 6.45) is 0.862. The second-order valence-electron chi connectivity index (χ2n) is 9.59. The highest BCUT2D eigenvalue weighted by Crippen LogP contribution is 2.26. The summed E-state index contributed by atoms with van der Waals surface area (Å²) in [4.78, 5) is 28.9. The topological polar surface area (TPSA) is 79.9 Å². The van der Waals surface area contributed by atoms with Gasteiger partial charge in [-0.15, -0.1) is 0 Å². The molecule has 200 valence electrons. The molecule has 11 heteroatoms. The zero-order chi connectivity index (χ0) is 26.9. The Morgan fingerprint density at radius 2 is 1.65 bits per heavy atom. The van der Waals surface area contributed by atoms with Crippen LogP contribution in [0, 0.1) is 11.7 Å². The minimum Gasteiger partial charge on any atom is -0.408 e. The molecule has 0 radical (unpaired) electrons. The molecule has 1 fully saturated rings. The largest absolute Gasteiger partial charge is 0.480 e. The van der Waals surface area contributed by atoms with Crippen molar-refractivity contribution in [3.63, 3.8) is 0 Å². The highest BCUT2D eigenvalue weighted by Gasteiger charge is 2.35. The van der Waals surface area contributed by atoms with Crippen LogP contribution in [-0.2, 0) is 20.5 Å². The van der Waals surface area contributed by atoms with Gasteiger partial charge in [-0.1, -0.05) is 44.2 Å². The number of nitrogens with zero attached hydrogens (tertiary/aromatic N) is 1. The van der Waals surface area contributed by atoms with Crippen LogP contribution >= 0.6 is 31.9 Å². The predicted octanol–water partition coefficient (Wildman–Crippen LogP) is 4.23. The number of amides is 2. The Kier molecular flexibility index (Phi) is 11.6. The first-order valence-corrected chi connectivity index (χ1v) is 13.9. The Hall–Kier alpha value is -1.79. The fourth-order valence-corrected chi connectivity index (χ4v) is 4.91. The molecular formula is C26H33BBr2FN3O4. The monoisotopic (exact) mass is 639 g/mol. The maximum atomic E-state index is 14.8. The molecule has 2 N–H and O–H groups in total.